The Balaban J connectivity index is 1.79. The van der Waals surface area contributed by atoms with Crippen LogP contribution in [0, 0.1) is 17.6 Å². The third-order valence-corrected chi connectivity index (χ3v) is 8.50. The highest BCUT2D eigenvalue weighted by Crippen LogP contribution is 2.38. The molecule has 3 rings (SSSR count). The lowest BCUT2D eigenvalue weighted by molar-refractivity contribution is -0.141. The van der Waals surface area contributed by atoms with Crippen LogP contribution in [0.5, 0.6) is 0 Å². The smallest absolute Gasteiger partial charge is 0.305 e. The van der Waals surface area contributed by atoms with Crippen molar-refractivity contribution in [2.45, 2.75) is 109 Å². The first-order valence-electron chi connectivity index (χ1n) is 15.2. The van der Waals surface area contributed by atoms with Gasteiger partial charge in [0, 0.05) is 30.5 Å². The molecule has 0 bridgehead atoms. The standard InChI is InChI=1S/C34H48F2N2O4/c1-23(11-9-14-31(40)42-5)32(41)38-29(19-24-17-27(35)21-28(36)18-24)30(39)22-37-34(15-7-6-8-16-34)26-13-10-12-25(20-26)33(2,3)4/h10,12-13,17-18,20-21,23,29-30,37,39H,6-9,11,14-16,19,22H2,1-5H3,(H,38,41). The number of esters is 1. The van der Waals surface area contributed by atoms with Crippen LogP contribution in [0.25, 0.3) is 0 Å². The van der Waals surface area contributed by atoms with E-state index in [0.29, 0.717) is 18.4 Å². The number of nitrogens with one attached hydrogen (secondary N) is 2. The highest BCUT2D eigenvalue weighted by atomic mass is 19.1. The van der Waals surface area contributed by atoms with Crippen molar-refractivity contribution in [1.82, 2.24) is 10.6 Å². The number of amides is 1. The van der Waals surface area contributed by atoms with Crippen LogP contribution in [0.15, 0.2) is 42.5 Å². The summed E-state index contributed by atoms with van der Waals surface area (Å²) in [6, 6.07) is 11.1. The van der Waals surface area contributed by atoms with E-state index in [4.69, 9.17) is 0 Å². The van der Waals surface area contributed by atoms with Gasteiger partial charge in [0.05, 0.1) is 19.3 Å². The molecular formula is C34H48F2N2O4. The fourth-order valence-corrected chi connectivity index (χ4v) is 5.83. The van der Waals surface area contributed by atoms with E-state index in [1.165, 1.54) is 30.4 Å². The Labute approximate surface area is 249 Å². The number of carbonyl (C=O) groups is 2. The first-order chi connectivity index (χ1) is 19.8. The maximum Gasteiger partial charge on any atom is 0.305 e. The van der Waals surface area contributed by atoms with Crippen LogP contribution in [-0.2, 0) is 31.7 Å². The molecule has 3 unspecified atom stereocenters. The van der Waals surface area contributed by atoms with Crippen LogP contribution < -0.4 is 10.6 Å². The second-order valence-electron chi connectivity index (χ2n) is 12.9. The summed E-state index contributed by atoms with van der Waals surface area (Å²) in [6.07, 6.45) is 5.34. The molecule has 0 saturated heterocycles. The number of methoxy groups -OCH3 is 1. The summed E-state index contributed by atoms with van der Waals surface area (Å²) in [6.45, 7) is 8.52. The predicted octanol–water partition coefficient (Wildman–Crippen LogP) is 6.08. The van der Waals surface area contributed by atoms with Crippen molar-refractivity contribution in [3.8, 4) is 0 Å². The molecule has 2 aromatic rings. The highest BCUT2D eigenvalue weighted by molar-refractivity contribution is 5.78. The molecule has 0 heterocycles. The minimum Gasteiger partial charge on any atom is -0.469 e. The van der Waals surface area contributed by atoms with Gasteiger partial charge in [0.2, 0.25) is 5.91 Å². The lowest BCUT2D eigenvalue weighted by Gasteiger charge is -2.41. The van der Waals surface area contributed by atoms with Crippen molar-refractivity contribution < 1.29 is 28.2 Å². The third kappa shape index (κ3) is 9.60. The van der Waals surface area contributed by atoms with E-state index < -0.39 is 29.7 Å². The van der Waals surface area contributed by atoms with E-state index in [1.54, 1.807) is 6.92 Å². The number of halogens is 2. The fraction of sp³-hybridized carbons (Fsp3) is 0.588. The minimum absolute atomic E-state index is 0.00542. The molecule has 1 aliphatic rings. The summed E-state index contributed by atoms with van der Waals surface area (Å²) in [5.41, 5.74) is 2.46. The van der Waals surface area contributed by atoms with Crippen molar-refractivity contribution in [1.29, 1.82) is 0 Å². The van der Waals surface area contributed by atoms with Crippen LogP contribution in [0.2, 0.25) is 0 Å². The lowest BCUT2D eigenvalue weighted by Crippen LogP contribution is -2.54. The van der Waals surface area contributed by atoms with Gasteiger partial charge in [-0.05, 0) is 66.3 Å². The van der Waals surface area contributed by atoms with Crippen molar-refractivity contribution in [2.75, 3.05) is 13.7 Å². The maximum absolute atomic E-state index is 14.0. The van der Waals surface area contributed by atoms with Gasteiger partial charge in [-0.25, -0.2) is 8.78 Å². The number of rotatable bonds is 13. The molecule has 1 fully saturated rings. The Bertz CT molecular complexity index is 1170. The maximum atomic E-state index is 14.0. The van der Waals surface area contributed by atoms with E-state index in [-0.39, 0.29) is 42.2 Å². The summed E-state index contributed by atoms with van der Waals surface area (Å²) in [4.78, 5) is 24.6. The second-order valence-corrected chi connectivity index (χ2v) is 12.9. The number of aliphatic hydroxyl groups is 1. The molecule has 0 spiro atoms. The van der Waals surface area contributed by atoms with Gasteiger partial charge in [-0.1, -0.05) is 71.2 Å². The summed E-state index contributed by atoms with van der Waals surface area (Å²) in [5.74, 6) is -2.46. The van der Waals surface area contributed by atoms with Gasteiger partial charge >= 0.3 is 5.97 Å². The van der Waals surface area contributed by atoms with Gasteiger partial charge < -0.3 is 20.5 Å². The molecule has 42 heavy (non-hydrogen) atoms. The molecule has 6 nitrogen and oxygen atoms in total. The van der Waals surface area contributed by atoms with E-state index in [0.717, 1.165) is 38.2 Å². The molecule has 0 aromatic heterocycles. The Morgan fingerprint density at radius 1 is 1.05 bits per heavy atom. The van der Waals surface area contributed by atoms with Gasteiger partial charge in [0.25, 0.3) is 0 Å². The van der Waals surface area contributed by atoms with E-state index >= 15 is 0 Å². The number of aliphatic hydroxyl groups excluding tert-OH is 1. The minimum atomic E-state index is -1.02. The summed E-state index contributed by atoms with van der Waals surface area (Å²) >= 11 is 0. The number of ether oxygens (including phenoxy) is 1. The molecule has 3 N–H and O–H groups in total. The normalized spacial score (nSPS) is 17.2. The number of benzene rings is 2. The first kappa shape index (κ1) is 33.7. The van der Waals surface area contributed by atoms with E-state index in [2.05, 4.69) is 60.4 Å². The van der Waals surface area contributed by atoms with Crippen molar-refractivity contribution in [2.24, 2.45) is 5.92 Å². The number of hydrogen-bond donors (Lipinski definition) is 3. The Morgan fingerprint density at radius 2 is 1.71 bits per heavy atom. The van der Waals surface area contributed by atoms with Crippen LogP contribution in [0.3, 0.4) is 0 Å². The summed E-state index contributed by atoms with van der Waals surface area (Å²) in [7, 11) is 1.33. The molecule has 1 saturated carbocycles. The lowest BCUT2D eigenvalue weighted by atomic mass is 9.74. The average Bonchev–Trinajstić information content (AvgIpc) is 2.95. The Morgan fingerprint density at radius 3 is 2.33 bits per heavy atom. The number of hydrogen-bond acceptors (Lipinski definition) is 5. The summed E-state index contributed by atoms with van der Waals surface area (Å²) < 4.78 is 32.7. The SMILES string of the molecule is COC(=O)CCCC(C)C(=O)NC(Cc1cc(F)cc(F)c1)C(O)CNC1(c2cccc(C(C)(C)C)c2)CCCCC1. The molecule has 232 valence electrons. The molecule has 8 heteroatoms. The third-order valence-electron chi connectivity index (χ3n) is 8.50. The van der Waals surface area contributed by atoms with E-state index in [9.17, 15) is 23.5 Å². The monoisotopic (exact) mass is 586 g/mol. The van der Waals surface area contributed by atoms with E-state index in [1.807, 2.05) is 0 Å². The van der Waals surface area contributed by atoms with Gasteiger partial charge in [-0.2, -0.15) is 0 Å². The van der Waals surface area contributed by atoms with Crippen LogP contribution >= 0.6 is 0 Å². The zero-order valence-corrected chi connectivity index (χ0v) is 25.8. The quantitative estimate of drug-likeness (QED) is 0.248. The van der Waals surface area contributed by atoms with Crippen molar-refractivity contribution in [3.63, 3.8) is 0 Å². The average molecular weight is 587 g/mol. The predicted molar refractivity (Wildman–Crippen MR) is 161 cm³/mol. The molecular weight excluding hydrogens is 538 g/mol. The Hall–Kier alpha value is -2.84. The topological polar surface area (TPSA) is 87.7 Å². The highest BCUT2D eigenvalue weighted by Gasteiger charge is 2.36. The zero-order valence-electron chi connectivity index (χ0n) is 25.8. The van der Waals surface area contributed by atoms with Crippen LogP contribution in [0.4, 0.5) is 8.78 Å². The van der Waals surface area contributed by atoms with Crippen LogP contribution in [0.1, 0.15) is 95.8 Å². The number of carbonyl (C=O) groups excluding carboxylic acids is 2. The molecule has 1 aliphatic carbocycles. The molecule has 2 aromatic carbocycles. The van der Waals surface area contributed by atoms with Crippen molar-refractivity contribution in [3.05, 3.63) is 70.8 Å². The molecule has 1 amide bonds. The molecule has 0 aliphatic heterocycles. The molecule has 3 atom stereocenters. The first-order valence-corrected chi connectivity index (χ1v) is 15.2. The van der Waals surface area contributed by atoms with Gasteiger partial charge in [-0.15, -0.1) is 0 Å². The van der Waals surface area contributed by atoms with Gasteiger partial charge in [-0.3, -0.25) is 9.59 Å². The summed E-state index contributed by atoms with van der Waals surface area (Å²) in [5, 5.41) is 18.1. The fourth-order valence-electron chi connectivity index (χ4n) is 5.83. The van der Waals surface area contributed by atoms with Crippen LogP contribution in [-0.4, -0.2) is 42.8 Å². The van der Waals surface area contributed by atoms with Crippen molar-refractivity contribution >= 4 is 11.9 Å². The largest absolute Gasteiger partial charge is 0.469 e. The van der Waals surface area contributed by atoms with Gasteiger partial charge in [0.15, 0.2) is 0 Å². The zero-order chi connectivity index (χ0) is 30.9. The van der Waals surface area contributed by atoms with Gasteiger partial charge in [0.1, 0.15) is 11.6 Å². The Kier molecular flexibility index (Phi) is 12.1. The molecule has 0 radical (unpaired) electrons. The second kappa shape index (κ2) is 15.1.